The van der Waals surface area contributed by atoms with Crippen LogP contribution in [0.5, 0.6) is 11.5 Å². The number of hydrogen-bond acceptors (Lipinski definition) is 10. The van der Waals surface area contributed by atoms with E-state index in [-0.39, 0.29) is 82.0 Å². The first-order valence-corrected chi connectivity index (χ1v) is 14.1. The monoisotopic (exact) mass is 624 g/mol. The van der Waals surface area contributed by atoms with Crippen molar-refractivity contribution < 1.29 is 95.3 Å². The van der Waals surface area contributed by atoms with Crippen molar-refractivity contribution in [1.29, 1.82) is 0 Å². The zero-order chi connectivity index (χ0) is 28.9. The third-order valence-electron chi connectivity index (χ3n) is 5.21. The maximum atomic E-state index is 12.0. The van der Waals surface area contributed by atoms with Crippen molar-refractivity contribution in [1.82, 2.24) is 0 Å². The Morgan fingerprint density at radius 2 is 0.857 bits per heavy atom. The first-order valence-electron chi connectivity index (χ1n) is 11.2. The van der Waals surface area contributed by atoms with Crippen molar-refractivity contribution in [3.8, 4) is 11.5 Å². The predicted octanol–water partition coefficient (Wildman–Crippen LogP) is -0.664. The molecule has 204 valence electrons. The van der Waals surface area contributed by atoms with Crippen LogP contribution in [0.15, 0.2) is 115 Å². The molecule has 42 heavy (non-hydrogen) atoms. The van der Waals surface area contributed by atoms with E-state index in [4.69, 9.17) is 0 Å². The predicted molar refractivity (Wildman–Crippen MR) is 142 cm³/mol. The molecular weight excluding hydrogens is 606 g/mol. The molecule has 0 atom stereocenters. The molecule has 0 aromatic heterocycles. The third-order valence-corrected chi connectivity index (χ3v) is 6.98. The summed E-state index contributed by atoms with van der Waals surface area (Å²) >= 11 is 0. The molecule has 4 rings (SSSR count). The van der Waals surface area contributed by atoms with E-state index in [0.29, 0.717) is 22.5 Å². The van der Waals surface area contributed by atoms with E-state index in [0.717, 1.165) is 12.1 Å². The van der Waals surface area contributed by atoms with Crippen LogP contribution in [-0.2, 0) is 20.2 Å². The second-order valence-electron chi connectivity index (χ2n) is 8.13. The minimum atomic E-state index is -4.70. The van der Waals surface area contributed by atoms with Gasteiger partial charge in [-0.1, -0.05) is 48.6 Å². The van der Waals surface area contributed by atoms with Crippen LogP contribution in [0.2, 0.25) is 0 Å². The van der Waals surface area contributed by atoms with E-state index in [1.54, 1.807) is 0 Å². The molecule has 0 amide bonds. The molecule has 4 aromatic carbocycles. The fourth-order valence-electron chi connectivity index (χ4n) is 3.29. The second kappa shape index (κ2) is 15.1. The Bertz CT molecular complexity index is 1730. The molecule has 0 heterocycles. The zero-order valence-electron chi connectivity index (χ0n) is 22.2. The summed E-state index contributed by atoms with van der Waals surface area (Å²) in [6.45, 7) is 0. The van der Waals surface area contributed by atoms with Crippen LogP contribution >= 0.6 is 0 Å². The molecule has 0 saturated carbocycles. The normalized spacial score (nSPS) is 12.0. The quantitative estimate of drug-likeness (QED) is 0.111. The molecular formula is C26H18N4Na2O8S2. The molecule has 0 radical (unpaired) electrons. The largest absolute Gasteiger partial charge is 1.00 e. The summed E-state index contributed by atoms with van der Waals surface area (Å²) in [6.07, 6.45) is 2.88. The van der Waals surface area contributed by atoms with Crippen LogP contribution in [0.25, 0.3) is 12.2 Å². The summed E-state index contributed by atoms with van der Waals surface area (Å²) < 4.78 is 67.3. The average molecular weight is 625 g/mol. The summed E-state index contributed by atoms with van der Waals surface area (Å²) in [4.78, 5) is -1.06. The van der Waals surface area contributed by atoms with Crippen LogP contribution in [0.1, 0.15) is 11.1 Å². The van der Waals surface area contributed by atoms with Gasteiger partial charge in [-0.3, -0.25) is 9.11 Å². The molecule has 0 saturated heterocycles. The molecule has 4 aromatic rings. The Kier molecular flexibility index (Phi) is 12.7. The summed E-state index contributed by atoms with van der Waals surface area (Å²) in [5.41, 5.74) is 0.895. The minimum Gasteiger partial charge on any atom is -0.872 e. The Labute approximate surface area is 285 Å². The van der Waals surface area contributed by atoms with Gasteiger partial charge in [0.1, 0.15) is 21.2 Å². The standard InChI is InChI=1S/C26H20N4O8S2.2Na/c31-21-9-5-19(6-10-21)27-29-23-13-3-17(15-25(23)39(33,34)35)1-2-18-4-14-24(26(16-18)40(36,37)38)30-28-20-7-11-22(32)12-8-20;;/h1-16,31-32H,(H,33,34,35)(H,36,37,38);;/q;2*+1/p-2/b2-1+,29-27?,30-28?;;. The zero-order valence-corrected chi connectivity index (χ0v) is 27.8. The van der Waals surface area contributed by atoms with E-state index >= 15 is 0 Å². The number of benzene rings is 4. The Hall–Kier alpha value is -2.76. The van der Waals surface area contributed by atoms with E-state index in [1.165, 1.54) is 84.9 Å². The van der Waals surface area contributed by atoms with Crippen molar-refractivity contribution in [2.75, 3.05) is 0 Å². The molecule has 0 aliphatic heterocycles. The van der Waals surface area contributed by atoms with Gasteiger partial charge in [-0.25, -0.2) is 0 Å². The van der Waals surface area contributed by atoms with E-state index < -0.39 is 30.0 Å². The van der Waals surface area contributed by atoms with Crippen molar-refractivity contribution >= 4 is 55.1 Å². The fraction of sp³-hybridized carbons (Fsp3) is 0. The van der Waals surface area contributed by atoms with Gasteiger partial charge in [0.25, 0.3) is 20.2 Å². The summed E-state index contributed by atoms with van der Waals surface area (Å²) in [5, 5.41) is 37.9. The summed E-state index contributed by atoms with van der Waals surface area (Å²) in [6, 6.07) is 18.5. The van der Waals surface area contributed by atoms with Gasteiger partial charge in [0, 0.05) is 0 Å². The van der Waals surface area contributed by atoms with Crippen molar-refractivity contribution in [2.45, 2.75) is 9.79 Å². The number of rotatable bonds is 8. The van der Waals surface area contributed by atoms with Crippen LogP contribution in [0, 0.1) is 0 Å². The topological polar surface area (TPSA) is 204 Å². The van der Waals surface area contributed by atoms with E-state index in [9.17, 15) is 36.2 Å². The SMILES string of the molecule is O=S(=O)(O)c1cc(/C=C/c2ccc(N=Nc3ccc([O-])cc3)c(S(=O)(=O)O)c2)ccc1N=Nc1ccc([O-])cc1.[Na+].[Na+]. The number of nitrogens with zero attached hydrogens (tertiary/aromatic N) is 4. The van der Waals surface area contributed by atoms with E-state index in [2.05, 4.69) is 20.5 Å². The van der Waals surface area contributed by atoms with Gasteiger partial charge in [-0.15, -0.1) is 21.7 Å². The van der Waals surface area contributed by atoms with Gasteiger partial charge >= 0.3 is 59.1 Å². The third kappa shape index (κ3) is 9.91. The number of azo groups is 2. The van der Waals surface area contributed by atoms with Gasteiger partial charge in [0.15, 0.2) is 0 Å². The van der Waals surface area contributed by atoms with Gasteiger partial charge in [-0.05, 0) is 59.7 Å². The smallest absolute Gasteiger partial charge is 0.872 e. The van der Waals surface area contributed by atoms with Crippen LogP contribution < -0.4 is 69.3 Å². The average Bonchev–Trinajstić information content (AvgIpc) is 2.90. The maximum Gasteiger partial charge on any atom is 1.00 e. The molecule has 0 fully saturated rings. The van der Waals surface area contributed by atoms with Gasteiger partial charge in [-0.2, -0.15) is 27.1 Å². The maximum absolute atomic E-state index is 12.0. The number of hydrogen-bond donors (Lipinski definition) is 2. The Morgan fingerprint density at radius 1 is 0.524 bits per heavy atom. The molecule has 12 nitrogen and oxygen atoms in total. The van der Waals surface area contributed by atoms with Crippen LogP contribution in [0.3, 0.4) is 0 Å². The van der Waals surface area contributed by atoms with Crippen molar-refractivity contribution in [3.63, 3.8) is 0 Å². The Balaban J connectivity index is 0.00000308. The van der Waals surface area contributed by atoms with Crippen molar-refractivity contribution in [3.05, 3.63) is 96.1 Å². The van der Waals surface area contributed by atoms with Crippen molar-refractivity contribution in [2.24, 2.45) is 20.5 Å². The van der Waals surface area contributed by atoms with Gasteiger partial charge < -0.3 is 10.2 Å². The molecule has 16 heteroatoms. The molecule has 0 unspecified atom stereocenters. The summed E-state index contributed by atoms with van der Waals surface area (Å²) in [7, 11) is -9.41. The molecule has 2 N–H and O–H groups in total. The van der Waals surface area contributed by atoms with Crippen LogP contribution in [0.4, 0.5) is 22.7 Å². The first kappa shape index (κ1) is 35.4. The summed E-state index contributed by atoms with van der Waals surface area (Å²) in [5.74, 6) is -0.466. The fourth-order valence-corrected chi connectivity index (χ4v) is 4.60. The molecule has 0 aliphatic carbocycles. The molecule has 0 bridgehead atoms. The second-order valence-corrected chi connectivity index (χ2v) is 10.9. The first-order chi connectivity index (χ1) is 18.9. The van der Waals surface area contributed by atoms with E-state index in [1.807, 2.05) is 0 Å². The minimum absolute atomic E-state index is 0. The Morgan fingerprint density at radius 3 is 1.17 bits per heavy atom. The molecule has 0 spiro atoms. The van der Waals surface area contributed by atoms with Crippen LogP contribution in [-0.4, -0.2) is 25.9 Å². The molecule has 0 aliphatic rings. The van der Waals surface area contributed by atoms with Gasteiger partial charge in [0.2, 0.25) is 0 Å². The van der Waals surface area contributed by atoms with Gasteiger partial charge in [0.05, 0.1) is 11.4 Å².